The molecule has 15 heavy (non-hydrogen) atoms. The molecule has 84 valence electrons. The third-order valence-corrected chi connectivity index (χ3v) is 2.58. The molecule has 2 N–H and O–H groups in total. The highest BCUT2D eigenvalue weighted by Crippen LogP contribution is 2.20. The van der Waals surface area contributed by atoms with Crippen LogP contribution in [0.25, 0.3) is 0 Å². The first-order valence-electron chi connectivity index (χ1n) is 5.23. The zero-order valence-corrected chi connectivity index (χ0v) is 9.26. The Morgan fingerprint density at radius 2 is 2.20 bits per heavy atom. The van der Waals surface area contributed by atoms with E-state index in [0.717, 1.165) is 18.4 Å². The van der Waals surface area contributed by atoms with Crippen molar-refractivity contribution in [1.29, 1.82) is 0 Å². The van der Waals surface area contributed by atoms with Gasteiger partial charge in [-0.05, 0) is 44.0 Å². The van der Waals surface area contributed by atoms with Gasteiger partial charge in [0, 0.05) is 12.6 Å². The lowest BCUT2D eigenvalue weighted by molar-refractivity contribution is 0.276. The van der Waals surface area contributed by atoms with Crippen LogP contribution in [0, 0.1) is 12.7 Å². The summed E-state index contributed by atoms with van der Waals surface area (Å²) in [5.74, 6) is -0.171. The van der Waals surface area contributed by atoms with E-state index in [-0.39, 0.29) is 18.5 Å². The standard InChI is InChI=1S/C12H18FNO/c1-9-8-10(5-6-11(9)13)12(14-2)4-3-7-15/h5-6,8,12,14-15H,3-4,7H2,1-2H3. The highest BCUT2D eigenvalue weighted by molar-refractivity contribution is 5.26. The number of halogens is 1. The van der Waals surface area contributed by atoms with Crippen molar-refractivity contribution in [2.75, 3.05) is 13.7 Å². The number of rotatable bonds is 5. The average molecular weight is 211 g/mol. The Morgan fingerprint density at radius 3 is 2.73 bits per heavy atom. The molecule has 0 amide bonds. The third-order valence-electron chi connectivity index (χ3n) is 2.58. The van der Waals surface area contributed by atoms with Crippen LogP contribution >= 0.6 is 0 Å². The van der Waals surface area contributed by atoms with Crippen LogP contribution in [0.15, 0.2) is 18.2 Å². The molecule has 0 aliphatic heterocycles. The number of hydrogen-bond donors (Lipinski definition) is 2. The smallest absolute Gasteiger partial charge is 0.126 e. The van der Waals surface area contributed by atoms with Gasteiger partial charge < -0.3 is 10.4 Å². The second kappa shape index (κ2) is 5.83. The van der Waals surface area contributed by atoms with Crippen LogP contribution in [-0.2, 0) is 0 Å². The molecule has 2 nitrogen and oxygen atoms in total. The number of aryl methyl sites for hydroxylation is 1. The second-order valence-corrected chi connectivity index (χ2v) is 3.72. The van der Waals surface area contributed by atoms with Gasteiger partial charge in [0.15, 0.2) is 0 Å². The van der Waals surface area contributed by atoms with E-state index in [9.17, 15) is 4.39 Å². The van der Waals surface area contributed by atoms with Crippen LogP contribution in [-0.4, -0.2) is 18.8 Å². The maximum atomic E-state index is 13.1. The lowest BCUT2D eigenvalue weighted by Gasteiger charge is -2.16. The predicted octanol–water partition coefficient (Wildman–Crippen LogP) is 2.17. The fourth-order valence-electron chi connectivity index (χ4n) is 1.66. The second-order valence-electron chi connectivity index (χ2n) is 3.72. The normalized spacial score (nSPS) is 12.8. The molecule has 0 radical (unpaired) electrons. The minimum absolute atomic E-state index is 0.171. The summed E-state index contributed by atoms with van der Waals surface area (Å²) in [6, 6.07) is 5.33. The Bertz CT molecular complexity index is 314. The third kappa shape index (κ3) is 3.29. The summed E-state index contributed by atoms with van der Waals surface area (Å²) in [5.41, 5.74) is 1.74. The van der Waals surface area contributed by atoms with Gasteiger partial charge in [-0.25, -0.2) is 4.39 Å². The fraction of sp³-hybridized carbons (Fsp3) is 0.500. The highest BCUT2D eigenvalue weighted by atomic mass is 19.1. The van der Waals surface area contributed by atoms with Gasteiger partial charge in [-0.2, -0.15) is 0 Å². The molecule has 1 atom stereocenters. The lowest BCUT2D eigenvalue weighted by Crippen LogP contribution is -2.17. The zero-order chi connectivity index (χ0) is 11.3. The van der Waals surface area contributed by atoms with Gasteiger partial charge in [0.25, 0.3) is 0 Å². The van der Waals surface area contributed by atoms with Crippen molar-refractivity contribution >= 4 is 0 Å². The summed E-state index contributed by atoms with van der Waals surface area (Å²) >= 11 is 0. The van der Waals surface area contributed by atoms with Crippen LogP contribution in [0.5, 0.6) is 0 Å². The Labute approximate surface area is 90.1 Å². The van der Waals surface area contributed by atoms with Gasteiger partial charge in [-0.3, -0.25) is 0 Å². The van der Waals surface area contributed by atoms with Crippen molar-refractivity contribution in [1.82, 2.24) is 5.32 Å². The van der Waals surface area contributed by atoms with Crippen molar-refractivity contribution in [2.45, 2.75) is 25.8 Å². The molecule has 1 aromatic carbocycles. The molecule has 0 saturated heterocycles. The van der Waals surface area contributed by atoms with Crippen molar-refractivity contribution < 1.29 is 9.50 Å². The van der Waals surface area contributed by atoms with E-state index in [0.29, 0.717) is 5.56 Å². The molecule has 0 spiro atoms. The van der Waals surface area contributed by atoms with Crippen molar-refractivity contribution in [2.24, 2.45) is 0 Å². The number of aliphatic hydroxyl groups excluding tert-OH is 1. The Hall–Kier alpha value is -0.930. The molecular formula is C12H18FNO. The van der Waals surface area contributed by atoms with Gasteiger partial charge in [0.05, 0.1) is 0 Å². The summed E-state index contributed by atoms with van der Waals surface area (Å²) in [7, 11) is 1.88. The van der Waals surface area contributed by atoms with E-state index >= 15 is 0 Å². The summed E-state index contributed by atoms with van der Waals surface area (Å²) < 4.78 is 13.1. The monoisotopic (exact) mass is 211 g/mol. The van der Waals surface area contributed by atoms with Gasteiger partial charge >= 0.3 is 0 Å². The Kier molecular flexibility index (Phi) is 4.72. The van der Waals surface area contributed by atoms with Gasteiger partial charge in [-0.1, -0.05) is 12.1 Å². The van der Waals surface area contributed by atoms with Gasteiger partial charge in [-0.15, -0.1) is 0 Å². The molecule has 0 saturated carbocycles. The molecule has 3 heteroatoms. The molecule has 1 rings (SSSR count). The van der Waals surface area contributed by atoms with Crippen molar-refractivity contribution in [3.8, 4) is 0 Å². The van der Waals surface area contributed by atoms with E-state index in [1.165, 1.54) is 6.07 Å². The SMILES string of the molecule is CNC(CCCO)c1ccc(F)c(C)c1. The van der Waals surface area contributed by atoms with Crippen LogP contribution in [0.3, 0.4) is 0 Å². The van der Waals surface area contributed by atoms with E-state index in [2.05, 4.69) is 5.32 Å². The number of aliphatic hydroxyl groups is 1. The number of nitrogens with one attached hydrogen (secondary N) is 1. The minimum atomic E-state index is -0.171. The van der Waals surface area contributed by atoms with E-state index in [1.54, 1.807) is 13.0 Å². The van der Waals surface area contributed by atoms with Crippen LogP contribution in [0.4, 0.5) is 4.39 Å². The topological polar surface area (TPSA) is 32.3 Å². The molecular weight excluding hydrogens is 193 g/mol. The summed E-state index contributed by atoms with van der Waals surface area (Å²) in [5, 5.41) is 11.9. The molecule has 0 aromatic heterocycles. The van der Waals surface area contributed by atoms with Crippen LogP contribution in [0.1, 0.15) is 30.0 Å². The van der Waals surface area contributed by atoms with Gasteiger partial charge in [0.1, 0.15) is 5.82 Å². The minimum Gasteiger partial charge on any atom is -0.396 e. The largest absolute Gasteiger partial charge is 0.396 e. The molecule has 1 aromatic rings. The fourth-order valence-corrected chi connectivity index (χ4v) is 1.66. The predicted molar refractivity (Wildman–Crippen MR) is 59.3 cm³/mol. The molecule has 0 fully saturated rings. The number of hydrogen-bond acceptors (Lipinski definition) is 2. The first kappa shape index (κ1) is 12.1. The van der Waals surface area contributed by atoms with Gasteiger partial charge in [0.2, 0.25) is 0 Å². The highest BCUT2D eigenvalue weighted by Gasteiger charge is 2.09. The number of benzene rings is 1. The van der Waals surface area contributed by atoms with Crippen molar-refractivity contribution in [3.63, 3.8) is 0 Å². The Balaban J connectivity index is 2.78. The summed E-state index contributed by atoms with van der Waals surface area (Å²) in [6.07, 6.45) is 1.61. The maximum absolute atomic E-state index is 13.1. The lowest BCUT2D eigenvalue weighted by atomic mass is 10.0. The first-order chi connectivity index (χ1) is 7.19. The molecule has 0 aliphatic carbocycles. The van der Waals surface area contributed by atoms with Crippen LogP contribution < -0.4 is 5.32 Å². The zero-order valence-electron chi connectivity index (χ0n) is 9.26. The van der Waals surface area contributed by atoms with Crippen LogP contribution in [0.2, 0.25) is 0 Å². The quantitative estimate of drug-likeness (QED) is 0.782. The molecule has 0 aliphatic rings. The van der Waals surface area contributed by atoms with Crippen molar-refractivity contribution in [3.05, 3.63) is 35.1 Å². The maximum Gasteiger partial charge on any atom is 0.126 e. The van der Waals surface area contributed by atoms with E-state index in [1.807, 2.05) is 13.1 Å². The summed E-state index contributed by atoms with van der Waals surface area (Å²) in [4.78, 5) is 0. The van der Waals surface area contributed by atoms with E-state index in [4.69, 9.17) is 5.11 Å². The average Bonchev–Trinajstić information content (AvgIpc) is 2.24. The Morgan fingerprint density at radius 1 is 1.47 bits per heavy atom. The molecule has 0 heterocycles. The molecule has 0 bridgehead atoms. The molecule has 1 unspecified atom stereocenters. The summed E-state index contributed by atoms with van der Waals surface area (Å²) in [6.45, 7) is 1.95. The first-order valence-corrected chi connectivity index (χ1v) is 5.23. The van der Waals surface area contributed by atoms with E-state index < -0.39 is 0 Å².